The summed E-state index contributed by atoms with van der Waals surface area (Å²) in [6, 6.07) is 8.00. The van der Waals surface area contributed by atoms with Gasteiger partial charge in [-0.3, -0.25) is 0 Å². The maximum Gasteiger partial charge on any atom is 0.124 e. The Bertz CT molecular complexity index is 344. The minimum Gasteiger partial charge on any atom is -0.496 e. The average molecular weight is 267 g/mol. The van der Waals surface area contributed by atoms with Crippen molar-refractivity contribution in [2.45, 2.75) is 19.4 Å². The number of likely N-dealkylation sites (N-methyl/N-ethyl adjacent to an activating group) is 1. The van der Waals surface area contributed by atoms with Gasteiger partial charge in [0.2, 0.25) is 0 Å². The third-order valence-corrected chi connectivity index (χ3v) is 2.88. The first kappa shape index (κ1) is 16.0. The van der Waals surface area contributed by atoms with E-state index < -0.39 is 0 Å². The second-order valence-electron chi connectivity index (χ2n) is 4.26. The largest absolute Gasteiger partial charge is 0.496 e. The first-order valence-electron chi connectivity index (χ1n) is 6.77. The zero-order valence-corrected chi connectivity index (χ0v) is 12.1. The number of benzene rings is 1. The number of methoxy groups -OCH3 is 2. The van der Waals surface area contributed by atoms with Gasteiger partial charge in [-0.25, -0.2) is 0 Å². The number of nitrogens with one attached hydrogen (secondary N) is 1. The van der Waals surface area contributed by atoms with Crippen molar-refractivity contribution in [2.24, 2.45) is 0 Å². The molecule has 0 radical (unpaired) electrons. The van der Waals surface area contributed by atoms with Gasteiger partial charge in [0.15, 0.2) is 0 Å². The van der Waals surface area contributed by atoms with E-state index >= 15 is 0 Å². The van der Waals surface area contributed by atoms with Gasteiger partial charge in [-0.1, -0.05) is 25.1 Å². The van der Waals surface area contributed by atoms with Crippen LogP contribution in [0.5, 0.6) is 5.75 Å². The predicted molar refractivity (Wildman–Crippen MR) is 76.7 cm³/mol. The fraction of sp³-hybridized carbons (Fsp3) is 0.600. The van der Waals surface area contributed by atoms with Crippen LogP contribution in [0.3, 0.4) is 0 Å². The van der Waals surface area contributed by atoms with Gasteiger partial charge in [0.1, 0.15) is 5.75 Å². The highest BCUT2D eigenvalue weighted by Gasteiger charge is 2.15. The lowest BCUT2D eigenvalue weighted by Crippen LogP contribution is -2.24. The Hall–Kier alpha value is -1.10. The molecule has 4 heteroatoms. The molecule has 0 heterocycles. The molecular weight excluding hydrogens is 242 g/mol. The number of hydrogen-bond donors (Lipinski definition) is 1. The molecule has 0 amide bonds. The fourth-order valence-corrected chi connectivity index (χ4v) is 1.90. The van der Waals surface area contributed by atoms with E-state index in [1.807, 2.05) is 18.2 Å². The number of para-hydroxylation sites is 1. The standard InChI is InChI=1S/C15H25NO3/c1-4-16-12-15(19-11-7-10-17-2)13-8-5-6-9-14(13)18-3/h5-6,8-9,15-16H,4,7,10-12H2,1-3H3. The molecule has 0 aliphatic rings. The fourth-order valence-electron chi connectivity index (χ4n) is 1.90. The summed E-state index contributed by atoms with van der Waals surface area (Å²) in [5.41, 5.74) is 1.09. The van der Waals surface area contributed by atoms with Crippen LogP contribution < -0.4 is 10.1 Å². The lowest BCUT2D eigenvalue weighted by molar-refractivity contribution is 0.0378. The molecule has 0 spiro atoms. The molecular formula is C15H25NO3. The maximum absolute atomic E-state index is 5.95. The highest BCUT2D eigenvalue weighted by Crippen LogP contribution is 2.27. The third kappa shape index (κ3) is 5.59. The van der Waals surface area contributed by atoms with Gasteiger partial charge in [-0.15, -0.1) is 0 Å². The van der Waals surface area contributed by atoms with Crippen molar-refractivity contribution in [3.63, 3.8) is 0 Å². The Labute approximate surface area is 116 Å². The van der Waals surface area contributed by atoms with Crippen molar-refractivity contribution in [2.75, 3.05) is 40.5 Å². The minimum atomic E-state index is 0.00737. The summed E-state index contributed by atoms with van der Waals surface area (Å²) in [4.78, 5) is 0. The number of hydrogen-bond acceptors (Lipinski definition) is 4. The van der Waals surface area contributed by atoms with Crippen molar-refractivity contribution < 1.29 is 14.2 Å². The van der Waals surface area contributed by atoms with Crippen molar-refractivity contribution >= 4 is 0 Å². The SMILES string of the molecule is CCNCC(OCCCOC)c1ccccc1OC. The molecule has 1 aromatic rings. The molecule has 1 rings (SSSR count). The van der Waals surface area contributed by atoms with Crippen LogP contribution in [-0.2, 0) is 9.47 Å². The molecule has 0 aliphatic carbocycles. The molecule has 1 N–H and O–H groups in total. The van der Waals surface area contributed by atoms with Crippen LogP contribution in [0.25, 0.3) is 0 Å². The van der Waals surface area contributed by atoms with E-state index in [2.05, 4.69) is 18.3 Å². The second-order valence-corrected chi connectivity index (χ2v) is 4.26. The molecule has 0 saturated carbocycles. The van der Waals surface area contributed by atoms with E-state index in [0.29, 0.717) is 6.61 Å². The molecule has 19 heavy (non-hydrogen) atoms. The lowest BCUT2D eigenvalue weighted by Gasteiger charge is -2.20. The summed E-state index contributed by atoms with van der Waals surface area (Å²) in [7, 11) is 3.39. The zero-order valence-electron chi connectivity index (χ0n) is 12.1. The summed E-state index contributed by atoms with van der Waals surface area (Å²) in [6.45, 7) is 5.20. The summed E-state index contributed by atoms with van der Waals surface area (Å²) in [6.07, 6.45) is 0.904. The molecule has 0 saturated heterocycles. The van der Waals surface area contributed by atoms with Crippen molar-refractivity contribution in [3.05, 3.63) is 29.8 Å². The Morgan fingerprint density at radius 1 is 1.16 bits per heavy atom. The highest BCUT2D eigenvalue weighted by atomic mass is 16.5. The Kier molecular flexibility index (Phi) is 8.21. The minimum absolute atomic E-state index is 0.00737. The van der Waals surface area contributed by atoms with Crippen LogP contribution >= 0.6 is 0 Å². The van der Waals surface area contributed by atoms with Gasteiger partial charge in [0.05, 0.1) is 13.2 Å². The van der Waals surface area contributed by atoms with Crippen LogP contribution in [-0.4, -0.2) is 40.5 Å². The smallest absolute Gasteiger partial charge is 0.124 e. The number of ether oxygens (including phenoxy) is 3. The molecule has 4 nitrogen and oxygen atoms in total. The van der Waals surface area contributed by atoms with Gasteiger partial charge in [-0.05, 0) is 19.0 Å². The Morgan fingerprint density at radius 3 is 2.63 bits per heavy atom. The third-order valence-electron chi connectivity index (χ3n) is 2.88. The van der Waals surface area contributed by atoms with Gasteiger partial charge < -0.3 is 19.5 Å². The molecule has 0 aromatic heterocycles. The van der Waals surface area contributed by atoms with Gasteiger partial charge >= 0.3 is 0 Å². The summed E-state index contributed by atoms with van der Waals surface area (Å²) in [5, 5.41) is 3.33. The molecule has 108 valence electrons. The van der Waals surface area contributed by atoms with Crippen LogP contribution in [0.15, 0.2) is 24.3 Å². The normalized spacial score (nSPS) is 12.4. The average Bonchev–Trinajstić information content (AvgIpc) is 2.46. The van der Waals surface area contributed by atoms with Crippen molar-refractivity contribution in [3.8, 4) is 5.75 Å². The van der Waals surface area contributed by atoms with Gasteiger partial charge in [0.25, 0.3) is 0 Å². The first-order valence-corrected chi connectivity index (χ1v) is 6.77. The van der Waals surface area contributed by atoms with Crippen LogP contribution in [0.1, 0.15) is 25.0 Å². The van der Waals surface area contributed by atoms with E-state index in [1.165, 1.54) is 0 Å². The maximum atomic E-state index is 5.95. The first-order chi connectivity index (χ1) is 9.33. The molecule has 1 unspecified atom stereocenters. The van der Waals surface area contributed by atoms with Gasteiger partial charge in [0, 0.05) is 32.4 Å². The predicted octanol–water partition coefficient (Wildman–Crippen LogP) is 2.40. The molecule has 1 atom stereocenters. The van der Waals surface area contributed by atoms with Crippen LogP contribution in [0.4, 0.5) is 0 Å². The van der Waals surface area contributed by atoms with Crippen molar-refractivity contribution in [1.29, 1.82) is 0 Å². The van der Waals surface area contributed by atoms with E-state index in [9.17, 15) is 0 Å². The zero-order chi connectivity index (χ0) is 13.9. The summed E-state index contributed by atoms with van der Waals surface area (Å²) in [5.74, 6) is 0.872. The topological polar surface area (TPSA) is 39.7 Å². The summed E-state index contributed by atoms with van der Waals surface area (Å²) < 4.78 is 16.4. The quantitative estimate of drug-likeness (QED) is 0.661. The number of rotatable bonds is 10. The Balaban J connectivity index is 2.65. The molecule has 0 bridgehead atoms. The second kappa shape index (κ2) is 9.78. The van der Waals surface area contributed by atoms with E-state index in [0.717, 1.165) is 37.4 Å². The van der Waals surface area contributed by atoms with Crippen LogP contribution in [0, 0.1) is 0 Å². The van der Waals surface area contributed by atoms with Gasteiger partial charge in [-0.2, -0.15) is 0 Å². The van der Waals surface area contributed by atoms with E-state index in [4.69, 9.17) is 14.2 Å². The van der Waals surface area contributed by atoms with Crippen LogP contribution in [0.2, 0.25) is 0 Å². The molecule has 1 aromatic carbocycles. The Morgan fingerprint density at radius 2 is 1.95 bits per heavy atom. The monoisotopic (exact) mass is 267 g/mol. The molecule has 0 fully saturated rings. The van der Waals surface area contributed by atoms with E-state index in [-0.39, 0.29) is 6.10 Å². The molecule has 0 aliphatic heterocycles. The van der Waals surface area contributed by atoms with E-state index in [1.54, 1.807) is 14.2 Å². The lowest BCUT2D eigenvalue weighted by atomic mass is 10.1. The summed E-state index contributed by atoms with van der Waals surface area (Å²) >= 11 is 0. The highest BCUT2D eigenvalue weighted by molar-refractivity contribution is 5.35. The van der Waals surface area contributed by atoms with Crippen molar-refractivity contribution in [1.82, 2.24) is 5.32 Å².